The van der Waals surface area contributed by atoms with Crippen molar-refractivity contribution in [3.05, 3.63) is 16.1 Å². The van der Waals surface area contributed by atoms with Crippen molar-refractivity contribution in [3.8, 4) is 17.2 Å². The van der Waals surface area contributed by atoms with E-state index in [-0.39, 0.29) is 18.5 Å². The summed E-state index contributed by atoms with van der Waals surface area (Å²) in [5, 5.41) is 9.07. The van der Waals surface area contributed by atoms with E-state index in [0.717, 1.165) is 0 Å². The number of benzene rings is 1. The molecule has 0 saturated heterocycles. The molecule has 2 rings (SSSR count). The Labute approximate surface area is 106 Å². The second-order valence-corrected chi connectivity index (χ2v) is 4.57. The van der Waals surface area contributed by atoms with Gasteiger partial charge in [-0.2, -0.15) is 0 Å². The molecule has 92 valence electrons. The number of ether oxygens (including phenoxy) is 3. The molecule has 1 N–H and O–H groups in total. The predicted molar refractivity (Wildman–Crippen MR) is 63.0 cm³/mol. The molecule has 1 aromatic carbocycles. The third kappa shape index (κ3) is 2.17. The van der Waals surface area contributed by atoms with Crippen molar-refractivity contribution in [1.29, 1.82) is 0 Å². The summed E-state index contributed by atoms with van der Waals surface area (Å²) in [7, 11) is 0. The van der Waals surface area contributed by atoms with Crippen LogP contribution in [-0.4, -0.2) is 24.0 Å². The van der Waals surface area contributed by atoms with E-state index in [2.05, 4.69) is 15.9 Å². The molecule has 0 unspecified atom stereocenters. The van der Waals surface area contributed by atoms with Crippen LogP contribution in [0.3, 0.4) is 0 Å². The molecule has 0 aliphatic carbocycles. The molecule has 0 fully saturated rings. The first kappa shape index (κ1) is 12.0. The van der Waals surface area contributed by atoms with Gasteiger partial charge in [-0.25, -0.2) is 4.79 Å². The molecule has 1 aliphatic heterocycles. The topological polar surface area (TPSA) is 65.0 Å². The second kappa shape index (κ2) is 4.44. The third-order valence-electron chi connectivity index (χ3n) is 2.14. The molecule has 17 heavy (non-hydrogen) atoms. The Hall–Kier alpha value is -1.43. The average molecular weight is 303 g/mol. The van der Waals surface area contributed by atoms with Gasteiger partial charge in [-0.3, -0.25) is 0 Å². The Bertz CT molecular complexity index is 469. The van der Waals surface area contributed by atoms with Gasteiger partial charge in [-0.15, -0.1) is 0 Å². The lowest BCUT2D eigenvalue weighted by atomic mass is 10.2. The molecule has 0 spiro atoms. The van der Waals surface area contributed by atoms with Gasteiger partial charge < -0.3 is 19.3 Å². The zero-order valence-electron chi connectivity index (χ0n) is 9.32. The van der Waals surface area contributed by atoms with Gasteiger partial charge in [0.2, 0.25) is 12.5 Å². The number of halogens is 1. The van der Waals surface area contributed by atoms with Crippen molar-refractivity contribution in [2.45, 2.75) is 20.0 Å². The highest BCUT2D eigenvalue weighted by molar-refractivity contribution is 9.10. The van der Waals surface area contributed by atoms with Crippen LogP contribution < -0.4 is 14.2 Å². The van der Waals surface area contributed by atoms with Crippen molar-refractivity contribution in [2.75, 3.05) is 6.79 Å². The molecule has 1 aromatic rings. The minimum Gasteiger partial charge on any atom is -0.486 e. The number of carbonyl (C=O) groups is 1. The van der Waals surface area contributed by atoms with Crippen LogP contribution in [0.4, 0.5) is 0 Å². The van der Waals surface area contributed by atoms with E-state index in [0.29, 0.717) is 21.7 Å². The van der Waals surface area contributed by atoms with Crippen LogP contribution in [0.1, 0.15) is 24.2 Å². The third-order valence-corrected chi connectivity index (χ3v) is 2.93. The minimum atomic E-state index is -1.05. The highest BCUT2D eigenvalue weighted by Gasteiger charge is 2.27. The summed E-state index contributed by atoms with van der Waals surface area (Å²) in [5.41, 5.74) is 0.0879. The fourth-order valence-electron chi connectivity index (χ4n) is 1.49. The van der Waals surface area contributed by atoms with E-state index in [1.807, 2.05) is 13.8 Å². The van der Waals surface area contributed by atoms with E-state index >= 15 is 0 Å². The highest BCUT2D eigenvalue weighted by atomic mass is 79.9. The Morgan fingerprint density at radius 2 is 2.24 bits per heavy atom. The van der Waals surface area contributed by atoms with E-state index in [4.69, 9.17) is 19.3 Å². The molecule has 1 aliphatic rings. The average Bonchev–Trinajstić information content (AvgIpc) is 2.68. The number of hydrogen-bond donors (Lipinski definition) is 1. The van der Waals surface area contributed by atoms with Gasteiger partial charge >= 0.3 is 5.97 Å². The summed E-state index contributed by atoms with van der Waals surface area (Å²) < 4.78 is 16.4. The van der Waals surface area contributed by atoms with Crippen molar-refractivity contribution in [1.82, 2.24) is 0 Å². The maximum atomic E-state index is 11.1. The van der Waals surface area contributed by atoms with Gasteiger partial charge in [-0.05, 0) is 29.8 Å². The standard InChI is InChI=1S/C11H11BrO5/c1-5(2)17-10-8(12)6(11(13)14)3-7-9(10)16-4-15-7/h3,5H,4H2,1-2H3,(H,13,14). The van der Waals surface area contributed by atoms with Gasteiger partial charge in [0, 0.05) is 6.07 Å². The summed E-state index contributed by atoms with van der Waals surface area (Å²) in [4.78, 5) is 11.1. The summed E-state index contributed by atoms with van der Waals surface area (Å²) in [6.07, 6.45) is -0.0938. The summed E-state index contributed by atoms with van der Waals surface area (Å²) in [6.45, 7) is 3.77. The van der Waals surface area contributed by atoms with Gasteiger partial charge in [0.15, 0.2) is 11.5 Å². The van der Waals surface area contributed by atoms with Crippen LogP contribution in [0.25, 0.3) is 0 Å². The molecule has 0 aromatic heterocycles. The zero-order chi connectivity index (χ0) is 12.6. The normalized spacial score (nSPS) is 12.9. The molecule has 0 radical (unpaired) electrons. The van der Waals surface area contributed by atoms with Gasteiger partial charge in [0.1, 0.15) is 0 Å². The van der Waals surface area contributed by atoms with Crippen LogP contribution in [0.2, 0.25) is 0 Å². The quantitative estimate of drug-likeness (QED) is 0.930. The molecule has 6 heteroatoms. The van der Waals surface area contributed by atoms with Crippen molar-refractivity contribution >= 4 is 21.9 Å². The number of aromatic carboxylic acids is 1. The van der Waals surface area contributed by atoms with Crippen LogP contribution in [0.5, 0.6) is 17.2 Å². The van der Waals surface area contributed by atoms with E-state index in [1.54, 1.807) is 0 Å². The maximum absolute atomic E-state index is 11.1. The molecular weight excluding hydrogens is 292 g/mol. The lowest BCUT2D eigenvalue weighted by Crippen LogP contribution is -2.08. The molecule has 0 saturated carbocycles. The molecule has 0 amide bonds. The van der Waals surface area contributed by atoms with Crippen molar-refractivity contribution in [2.24, 2.45) is 0 Å². The van der Waals surface area contributed by atoms with E-state index in [1.165, 1.54) is 6.07 Å². The van der Waals surface area contributed by atoms with Gasteiger partial charge in [0.05, 0.1) is 16.1 Å². The Morgan fingerprint density at radius 3 is 2.82 bits per heavy atom. The fraction of sp³-hybridized carbons (Fsp3) is 0.364. The largest absolute Gasteiger partial charge is 0.486 e. The number of hydrogen-bond acceptors (Lipinski definition) is 4. The highest BCUT2D eigenvalue weighted by Crippen LogP contribution is 2.47. The number of carboxylic acid groups (broad SMARTS) is 1. The van der Waals surface area contributed by atoms with E-state index < -0.39 is 5.97 Å². The molecule has 0 atom stereocenters. The summed E-state index contributed by atoms with van der Waals surface area (Å²) >= 11 is 3.22. The van der Waals surface area contributed by atoms with E-state index in [9.17, 15) is 4.79 Å². The molecule has 5 nitrogen and oxygen atoms in total. The number of fused-ring (bicyclic) bond motifs is 1. The van der Waals surface area contributed by atoms with Crippen LogP contribution in [0, 0.1) is 0 Å². The zero-order valence-corrected chi connectivity index (χ0v) is 10.9. The first-order valence-corrected chi connectivity index (χ1v) is 5.82. The first-order chi connectivity index (χ1) is 8.00. The fourth-order valence-corrected chi connectivity index (χ4v) is 2.04. The summed E-state index contributed by atoms with van der Waals surface area (Å²) in [6, 6.07) is 1.42. The molecule has 0 bridgehead atoms. The van der Waals surface area contributed by atoms with Gasteiger partial charge in [-0.1, -0.05) is 0 Å². The van der Waals surface area contributed by atoms with Crippen molar-refractivity contribution < 1.29 is 24.1 Å². The Kier molecular flexibility index (Phi) is 3.15. The van der Waals surface area contributed by atoms with Crippen molar-refractivity contribution in [3.63, 3.8) is 0 Å². The molecule has 1 heterocycles. The summed E-state index contributed by atoms with van der Waals surface area (Å²) in [5.74, 6) is 0.146. The number of carboxylic acids is 1. The number of rotatable bonds is 3. The van der Waals surface area contributed by atoms with Gasteiger partial charge in [0.25, 0.3) is 0 Å². The lowest BCUT2D eigenvalue weighted by molar-refractivity contribution is 0.0694. The minimum absolute atomic E-state index is 0.0688. The first-order valence-electron chi connectivity index (χ1n) is 5.02. The monoisotopic (exact) mass is 302 g/mol. The lowest BCUT2D eigenvalue weighted by Gasteiger charge is -2.15. The Balaban J connectivity index is 2.58. The second-order valence-electron chi connectivity index (χ2n) is 3.77. The predicted octanol–water partition coefficient (Wildman–Crippen LogP) is 2.66. The molecular formula is C11H11BrO5. The smallest absolute Gasteiger partial charge is 0.337 e. The maximum Gasteiger partial charge on any atom is 0.337 e. The van der Waals surface area contributed by atoms with Crippen LogP contribution in [-0.2, 0) is 0 Å². The van der Waals surface area contributed by atoms with Crippen LogP contribution >= 0.6 is 15.9 Å². The SMILES string of the molecule is CC(C)Oc1c(Br)c(C(=O)O)cc2c1OCO2. The Morgan fingerprint density at radius 1 is 1.53 bits per heavy atom. The van der Waals surface area contributed by atoms with Crippen LogP contribution in [0.15, 0.2) is 10.5 Å².